The summed E-state index contributed by atoms with van der Waals surface area (Å²) < 4.78 is 0. The van der Waals surface area contributed by atoms with E-state index in [9.17, 15) is 4.79 Å². The average molecular weight is 464 g/mol. The Morgan fingerprint density at radius 3 is 2.77 bits per heavy atom. The van der Waals surface area contributed by atoms with Crippen molar-refractivity contribution in [1.82, 2.24) is 5.32 Å². The number of carbonyl (C=O) groups excluding carboxylic acids is 1. The van der Waals surface area contributed by atoms with Crippen LogP contribution in [0.3, 0.4) is 0 Å². The van der Waals surface area contributed by atoms with Gasteiger partial charge in [0.25, 0.3) is 5.91 Å². The van der Waals surface area contributed by atoms with Gasteiger partial charge in [-0.25, -0.2) is 4.99 Å². The zero-order valence-electron chi connectivity index (χ0n) is 14.9. The molecule has 0 saturated carbocycles. The van der Waals surface area contributed by atoms with Crippen molar-refractivity contribution in [2.24, 2.45) is 10.7 Å². The predicted octanol–water partition coefficient (Wildman–Crippen LogP) is 3.47. The number of halogens is 1. The molecule has 0 bridgehead atoms. The fraction of sp³-hybridized carbons (Fsp3) is 0.300. The Bertz CT molecular complexity index is 804. The van der Waals surface area contributed by atoms with Gasteiger partial charge in [-0.05, 0) is 67.1 Å². The number of nitrogens with one attached hydrogen (secondary N) is 2. The van der Waals surface area contributed by atoms with Gasteiger partial charge in [0.1, 0.15) is 0 Å². The molecule has 3 rings (SSSR count). The van der Waals surface area contributed by atoms with Gasteiger partial charge in [0.15, 0.2) is 5.96 Å². The van der Waals surface area contributed by atoms with Gasteiger partial charge in [0.05, 0.1) is 6.54 Å². The Morgan fingerprint density at radius 2 is 1.96 bits per heavy atom. The number of hydrogen-bond acceptors (Lipinski definition) is 2. The summed E-state index contributed by atoms with van der Waals surface area (Å²) in [6.45, 7) is 2.94. The smallest absolute Gasteiger partial charge is 0.251 e. The molecule has 4 N–H and O–H groups in total. The van der Waals surface area contributed by atoms with Crippen molar-refractivity contribution in [2.45, 2.75) is 32.7 Å². The Hall–Kier alpha value is -2.09. The van der Waals surface area contributed by atoms with E-state index in [1.54, 1.807) is 6.07 Å². The third-order valence-electron chi connectivity index (χ3n) is 4.33. The van der Waals surface area contributed by atoms with Gasteiger partial charge in [-0.15, -0.1) is 24.0 Å². The summed E-state index contributed by atoms with van der Waals surface area (Å²) >= 11 is 0. The fourth-order valence-electron chi connectivity index (χ4n) is 3.09. The molecular weight excluding hydrogens is 439 g/mol. The topological polar surface area (TPSA) is 79.5 Å². The minimum absolute atomic E-state index is 0. The van der Waals surface area contributed by atoms with E-state index < -0.39 is 0 Å². The standard InChI is InChI=1S/C20H24N4O.HI/c1-2-22-19(25)17-8-3-5-14(11-17)13-23-20(21)24-18-10-9-15-6-4-7-16(15)12-18;/h3,5,8-12H,2,4,6-7,13H2,1H3,(H,22,25)(H3,21,23,24);1H. The molecule has 0 spiro atoms. The van der Waals surface area contributed by atoms with Gasteiger partial charge in [0, 0.05) is 17.8 Å². The van der Waals surface area contributed by atoms with E-state index in [1.807, 2.05) is 31.2 Å². The maximum Gasteiger partial charge on any atom is 0.251 e. The van der Waals surface area contributed by atoms with Crippen LogP contribution in [0.25, 0.3) is 0 Å². The number of carbonyl (C=O) groups is 1. The third-order valence-corrected chi connectivity index (χ3v) is 4.33. The number of aryl methyl sites for hydroxylation is 2. The minimum Gasteiger partial charge on any atom is -0.370 e. The lowest BCUT2D eigenvalue weighted by Crippen LogP contribution is -2.23. The van der Waals surface area contributed by atoms with Crippen molar-refractivity contribution in [3.63, 3.8) is 0 Å². The minimum atomic E-state index is -0.0717. The molecule has 138 valence electrons. The third kappa shape index (κ3) is 5.20. The van der Waals surface area contributed by atoms with E-state index >= 15 is 0 Å². The molecular formula is C20H25IN4O. The highest BCUT2D eigenvalue weighted by atomic mass is 127. The van der Waals surface area contributed by atoms with Crippen LogP contribution in [-0.2, 0) is 19.4 Å². The van der Waals surface area contributed by atoms with Gasteiger partial charge in [-0.3, -0.25) is 4.79 Å². The Kier molecular flexibility index (Phi) is 7.44. The molecule has 2 aromatic carbocycles. The summed E-state index contributed by atoms with van der Waals surface area (Å²) in [4.78, 5) is 16.3. The van der Waals surface area contributed by atoms with Crippen LogP contribution in [0.15, 0.2) is 47.5 Å². The molecule has 26 heavy (non-hydrogen) atoms. The van der Waals surface area contributed by atoms with Crippen molar-refractivity contribution >= 4 is 41.5 Å². The quantitative estimate of drug-likeness (QED) is 0.360. The number of nitrogens with zero attached hydrogens (tertiary/aromatic N) is 1. The lowest BCUT2D eigenvalue weighted by molar-refractivity contribution is 0.0955. The van der Waals surface area contributed by atoms with E-state index in [-0.39, 0.29) is 29.9 Å². The number of benzene rings is 2. The monoisotopic (exact) mass is 464 g/mol. The summed E-state index contributed by atoms with van der Waals surface area (Å²) in [6.07, 6.45) is 3.53. The normalized spacial score (nSPS) is 12.9. The number of nitrogens with two attached hydrogens (primary N) is 1. The molecule has 0 aliphatic heterocycles. The van der Waals surface area contributed by atoms with Gasteiger partial charge in [-0.1, -0.05) is 18.2 Å². The maximum absolute atomic E-state index is 11.9. The van der Waals surface area contributed by atoms with E-state index in [1.165, 1.54) is 24.0 Å². The van der Waals surface area contributed by atoms with Gasteiger partial charge < -0.3 is 16.4 Å². The number of guanidine groups is 1. The van der Waals surface area contributed by atoms with E-state index in [4.69, 9.17) is 5.73 Å². The second kappa shape index (κ2) is 9.56. The van der Waals surface area contributed by atoms with Crippen molar-refractivity contribution in [3.05, 3.63) is 64.7 Å². The van der Waals surface area contributed by atoms with E-state index in [2.05, 4.69) is 27.8 Å². The highest BCUT2D eigenvalue weighted by molar-refractivity contribution is 14.0. The number of anilines is 1. The number of amides is 1. The first-order valence-corrected chi connectivity index (χ1v) is 8.71. The summed E-state index contributed by atoms with van der Waals surface area (Å²) in [5.41, 5.74) is 11.4. The second-order valence-electron chi connectivity index (χ2n) is 6.22. The zero-order valence-corrected chi connectivity index (χ0v) is 17.2. The average Bonchev–Trinajstić information content (AvgIpc) is 3.08. The molecule has 0 heterocycles. The number of hydrogen-bond donors (Lipinski definition) is 3. The lowest BCUT2D eigenvalue weighted by atomic mass is 10.1. The first-order valence-electron chi connectivity index (χ1n) is 8.71. The summed E-state index contributed by atoms with van der Waals surface area (Å²) in [5.74, 6) is 0.305. The van der Waals surface area contributed by atoms with Crippen LogP contribution in [0.4, 0.5) is 5.69 Å². The first-order chi connectivity index (χ1) is 12.2. The molecule has 0 unspecified atom stereocenters. The largest absolute Gasteiger partial charge is 0.370 e. The summed E-state index contributed by atoms with van der Waals surface area (Å²) in [6, 6.07) is 13.8. The van der Waals surface area contributed by atoms with Crippen molar-refractivity contribution in [1.29, 1.82) is 0 Å². The van der Waals surface area contributed by atoms with Crippen molar-refractivity contribution in [3.8, 4) is 0 Å². The maximum atomic E-state index is 11.9. The second-order valence-corrected chi connectivity index (χ2v) is 6.22. The predicted molar refractivity (Wildman–Crippen MR) is 117 cm³/mol. The Balaban J connectivity index is 0.00000243. The lowest BCUT2D eigenvalue weighted by Gasteiger charge is -2.08. The molecule has 2 aromatic rings. The van der Waals surface area contributed by atoms with Crippen molar-refractivity contribution < 1.29 is 4.79 Å². The summed E-state index contributed by atoms with van der Waals surface area (Å²) in [7, 11) is 0. The molecule has 1 aliphatic carbocycles. The first kappa shape index (κ1) is 20.2. The highest BCUT2D eigenvalue weighted by Gasteiger charge is 2.11. The highest BCUT2D eigenvalue weighted by Crippen LogP contribution is 2.24. The van der Waals surface area contributed by atoms with Crippen LogP contribution in [0.5, 0.6) is 0 Å². The van der Waals surface area contributed by atoms with Gasteiger partial charge in [0.2, 0.25) is 0 Å². The van der Waals surface area contributed by atoms with Crippen LogP contribution in [0, 0.1) is 0 Å². The number of rotatable bonds is 5. The molecule has 0 atom stereocenters. The molecule has 6 heteroatoms. The summed E-state index contributed by atoms with van der Waals surface area (Å²) in [5, 5.41) is 5.94. The molecule has 0 fully saturated rings. The van der Waals surface area contributed by atoms with E-state index in [0.717, 1.165) is 17.7 Å². The fourth-order valence-corrected chi connectivity index (χ4v) is 3.09. The van der Waals surface area contributed by atoms with Crippen LogP contribution < -0.4 is 16.4 Å². The Morgan fingerprint density at radius 1 is 1.15 bits per heavy atom. The zero-order chi connectivity index (χ0) is 17.6. The molecule has 5 nitrogen and oxygen atoms in total. The number of fused-ring (bicyclic) bond motifs is 1. The van der Waals surface area contributed by atoms with Crippen LogP contribution in [-0.4, -0.2) is 18.4 Å². The van der Waals surface area contributed by atoms with Crippen molar-refractivity contribution in [2.75, 3.05) is 11.9 Å². The molecule has 1 aliphatic rings. The van der Waals surface area contributed by atoms with Crippen LogP contribution >= 0.6 is 24.0 Å². The Labute approximate surface area is 171 Å². The van der Waals surface area contributed by atoms with E-state index in [0.29, 0.717) is 24.6 Å². The molecule has 0 aromatic heterocycles. The molecule has 0 saturated heterocycles. The van der Waals surface area contributed by atoms with Gasteiger partial charge in [-0.2, -0.15) is 0 Å². The van der Waals surface area contributed by atoms with Gasteiger partial charge >= 0.3 is 0 Å². The molecule has 1 amide bonds. The van der Waals surface area contributed by atoms with Crippen LogP contribution in [0.2, 0.25) is 0 Å². The molecule has 0 radical (unpaired) electrons. The SMILES string of the molecule is CCNC(=O)c1cccc(CN=C(N)Nc2ccc3c(c2)CCC3)c1.I. The van der Waals surface area contributed by atoms with Crippen LogP contribution in [0.1, 0.15) is 40.4 Å². The number of aliphatic imine (C=N–C) groups is 1.